The number of hydrogen-bond donors (Lipinski definition) is 2. The van der Waals surface area contributed by atoms with Gasteiger partial charge in [0, 0.05) is 44.0 Å². The summed E-state index contributed by atoms with van der Waals surface area (Å²) in [5.41, 5.74) is 4.38. The topological polar surface area (TPSA) is 66.7 Å². The van der Waals surface area contributed by atoms with E-state index >= 15 is 0 Å². The van der Waals surface area contributed by atoms with E-state index < -0.39 is 0 Å². The Kier molecular flexibility index (Phi) is 10.9. The van der Waals surface area contributed by atoms with Gasteiger partial charge in [-0.25, -0.2) is 9.67 Å². The van der Waals surface area contributed by atoms with Gasteiger partial charge in [-0.15, -0.1) is 24.0 Å². The molecule has 0 amide bonds. The molecule has 1 fully saturated rings. The molecule has 1 aromatic heterocycles. The Labute approximate surface area is 210 Å². The van der Waals surface area contributed by atoms with Crippen LogP contribution in [0.5, 0.6) is 0 Å². The van der Waals surface area contributed by atoms with Crippen LogP contribution < -0.4 is 10.6 Å². The van der Waals surface area contributed by atoms with Crippen LogP contribution in [0.25, 0.3) is 5.69 Å². The van der Waals surface area contributed by atoms with E-state index in [4.69, 9.17) is 14.8 Å². The van der Waals surface area contributed by atoms with Gasteiger partial charge in [-0.2, -0.15) is 5.10 Å². The van der Waals surface area contributed by atoms with Crippen LogP contribution in [0, 0.1) is 19.8 Å². The fourth-order valence-corrected chi connectivity index (χ4v) is 4.02. The second kappa shape index (κ2) is 13.2. The molecule has 2 N–H and O–H groups in total. The lowest BCUT2D eigenvalue weighted by Crippen LogP contribution is -2.50. The first-order valence-corrected chi connectivity index (χ1v) is 11.4. The van der Waals surface area contributed by atoms with E-state index in [0.717, 1.165) is 67.9 Å². The third-order valence-corrected chi connectivity index (χ3v) is 5.52. The summed E-state index contributed by atoms with van der Waals surface area (Å²) >= 11 is 0. The van der Waals surface area contributed by atoms with Crippen molar-refractivity contribution in [2.45, 2.75) is 47.3 Å². The molecule has 7 nitrogen and oxygen atoms in total. The normalized spacial score (nSPS) is 17.3. The molecule has 1 aliphatic heterocycles. The molecule has 32 heavy (non-hydrogen) atoms. The van der Waals surface area contributed by atoms with Gasteiger partial charge in [-0.05, 0) is 38.8 Å². The van der Waals surface area contributed by atoms with Crippen molar-refractivity contribution in [2.75, 3.05) is 39.3 Å². The fourth-order valence-electron chi connectivity index (χ4n) is 4.02. The summed E-state index contributed by atoms with van der Waals surface area (Å²) in [5.74, 6) is 1.49. The molecular formula is C24H39IN6O. The number of hydrogen-bond acceptors (Lipinski definition) is 4. The summed E-state index contributed by atoms with van der Waals surface area (Å²) in [6, 6.07) is 10.2. The fraction of sp³-hybridized carbons (Fsp3) is 0.583. The maximum Gasteiger partial charge on any atom is 0.191 e. The Hall–Kier alpha value is -1.65. The van der Waals surface area contributed by atoms with Crippen molar-refractivity contribution in [3.63, 3.8) is 0 Å². The second-order valence-electron chi connectivity index (χ2n) is 8.62. The molecule has 3 rings (SSSR count). The maximum atomic E-state index is 5.97. The molecule has 0 saturated carbocycles. The van der Waals surface area contributed by atoms with Crippen molar-refractivity contribution in [2.24, 2.45) is 10.9 Å². The molecule has 1 unspecified atom stereocenters. The van der Waals surface area contributed by atoms with Gasteiger partial charge < -0.3 is 15.4 Å². The molecule has 1 aliphatic rings. The average Bonchev–Trinajstić information content (AvgIpc) is 3.04. The SMILES string of the molecule is CCNC(=NCc1c(C)nn(-c2ccccc2)c1C)NCC1CN(CC(C)C)CCO1.I. The summed E-state index contributed by atoms with van der Waals surface area (Å²) in [4.78, 5) is 7.33. The van der Waals surface area contributed by atoms with Gasteiger partial charge in [0.1, 0.15) is 0 Å². The van der Waals surface area contributed by atoms with Crippen LogP contribution in [0.3, 0.4) is 0 Å². The van der Waals surface area contributed by atoms with Crippen LogP contribution in [0.2, 0.25) is 0 Å². The molecule has 2 aromatic rings. The summed E-state index contributed by atoms with van der Waals surface area (Å²) < 4.78 is 7.97. The predicted octanol–water partition coefficient (Wildman–Crippen LogP) is 3.52. The van der Waals surface area contributed by atoms with Crippen molar-refractivity contribution >= 4 is 29.9 Å². The number of rotatable bonds is 8. The van der Waals surface area contributed by atoms with Crippen LogP contribution in [0.1, 0.15) is 37.7 Å². The maximum absolute atomic E-state index is 5.97. The molecule has 178 valence electrons. The molecule has 1 aromatic carbocycles. The number of benzene rings is 1. The molecule has 1 saturated heterocycles. The molecule has 1 atom stereocenters. The Balaban J connectivity index is 0.00000363. The Morgan fingerprint density at radius 1 is 1.22 bits per heavy atom. The number of guanidine groups is 1. The first kappa shape index (κ1) is 26.6. The van der Waals surface area contributed by atoms with E-state index in [1.165, 1.54) is 0 Å². The minimum absolute atomic E-state index is 0. The number of aromatic nitrogens is 2. The zero-order valence-corrected chi connectivity index (χ0v) is 22.4. The Bertz CT molecular complexity index is 852. The predicted molar refractivity (Wildman–Crippen MR) is 142 cm³/mol. The molecule has 0 radical (unpaired) electrons. The van der Waals surface area contributed by atoms with Gasteiger partial charge in [0.25, 0.3) is 0 Å². The number of aliphatic imine (C=N–C) groups is 1. The largest absolute Gasteiger partial charge is 0.374 e. The highest BCUT2D eigenvalue weighted by atomic mass is 127. The van der Waals surface area contributed by atoms with Crippen LogP contribution in [0.4, 0.5) is 0 Å². The number of ether oxygens (including phenoxy) is 1. The summed E-state index contributed by atoms with van der Waals surface area (Å²) in [6.07, 6.45) is 0.181. The summed E-state index contributed by atoms with van der Waals surface area (Å²) in [7, 11) is 0. The third-order valence-electron chi connectivity index (χ3n) is 5.52. The van der Waals surface area contributed by atoms with Crippen molar-refractivity contribution in [1.82, 2.24) is 25.3 Å². The van der Waals surface area contributed by atoms with Crippen molar-refractivity contribution in [1.29, 1.82) is 0 Å². The Morgan fingerprint density at radius 3 is 2.66 bits per heavy atom. The van der Waals surface area contributed by atoms with Gasteiger partial charge in [-0.1, -0.05) is 32.0 Å². The number of aryl methyl sites for hydroxylation is 1. The quantitative estimate of drug-likeness (QED) is 0.297. The molecule has 8 heteroatoms. The van der Waals surface area contributed by atoms with E-state index in [1.54, 1.807) is 0 Å². The number of nitrogens with one attached hydrogen (secondary N) is 2. The van der Waals surface area contributed by atoms with Gasteiger partial charge in [0.15, 0.2) is 5.96 Å². The average molecular weight is 555 g/mol. The lowest BCUT2D eigenvalue weighted by molar-refractivity contribution is -0.0284. The van der Waals surface area contributed by atoms with E-state index in [-0.39, 0.29) is 30.1 Å². The number of halogens is 1. The first-order chi connectivity index (χ1) is 15.0. The van der Waals surface area contributed by atoms with Crippen LogP contribution >= 0.6 is 24.0 Å². The molecule has 0 bridgehead atoms. The van der Waals surface area contributed by atoms with Crippen LogP contribution in [-0.4, -0.2) is 66.1 Å². The number of morpholine rings is 1. The lowest BCUT2D eigenvalue weighted by Gasteiger charge is -2.34. The van der Waals surface area contributed by atoms with Crippen molar-refractivity contribution in [3.05, 3.63) is 47.3 Å². The van der Waals surface area contributed by atoms with Gasteiger partial charge >= 0.3 is 0 Å². The molecular weight excluding hydrogens is 515 g/mol. The lowest BCUT2D eigenvalue weighted by atomic mass is 10.2. The minimum atomic E-state index is 0. The van der Waals surface area contributed by atoms with Gasteiger partial charge in [-0.3, -0.25) is 4.90 Å². The van der Waals surface area contributed by atoms with Crippen molar-refractivity contribution in [3.8, 4) is 5.69 Å². The smallest absolute Gasteiger partial charge is 0.191 e. The number of nitrogens with zero attached hydrogens (tertiary/aromatic N) is 4. The Morgan fingerprint density at radius 2 is 1.97 bits per heavy atom. The van der Waals surface area contributed by atoms with Gasteiger partial charge in [0.05, 0.1) is 30.6 Å². The second-order valence-corrected chi connectivity index (χ2v) is 8.62. The standard InChI is InChI=1S/C24H38N6O.HI/c1-6-25-24(26-14-22-17-29(12-13-31-22)16-18(2)3)27-15-23-19(4)28-30(20(23)5)21-10-8-7-9-11-21;/h7-11,18,22H,6,12-17H2,1-5H3,(H2,25,26,27);1H. The summed E-state index contributed by atoms with van der Waals surface area (Å²) in [5, 5.41) is 11.6. The van der Waals surface area contributed by atoms with E-state index in [2.05, 4.69) is 62.3 Å². The van der Waals surface area contributed by atoms with E-state index in [1.807, 2.05) is 22.9 Å². The van der Waals surface area contributed by atoms with Gasteiger partial charge in [0.2, 0.25) is 0 Å². The minimum Gasteiger partial charge on any atom is -0.374 e. The molecule has 0 aliphatic carbocycles. The van der Waals surface area contributed by atoms with E-state index in [9.17, 15) is 0 Å². The highest BCUT2D eigenvalue weighted by molar-refractivity contribution is 14.0. The molecule has 0 spiro atoms. The highest BCUT2D eigenvalue weighted by Crippen LogP contribution is 2.18. The monoisotopic (exact) mass is 554 g/mol. The summed E-state index contributed by atoms with van der Waals surface area (Å²) in [6.45, 7) is 16.8. The zero-order chi connectivity index (χ0) is 22.2. The molecule has 2 heterocycles. The number of para-hydroxylation sites is 1. The third kappa shape index (κ3) is 7.45. The van der Waals surface area contributed by atoms with E-state index in [0.29, 0.717) is 12.5 Å². The van der Waals surface area contributed by atoms with Crippen LogP contribution in [-0.2, 0) is 11.3 Å². The van der Waals surface area contributed by atoms with Crippen molar-refractivity contribution < 1.29 is 4.74 Å². The zero-order valence-electron chi connectivity index (χ0n) is 20.1. The highest BCUT2D eigenvalue weighted by Gasteiger charge is 2.21. The first-order valence-electron chi connectivity index (χ1n) is 11.4. The van der Waals surface area contributed by atoms with Crippen LogP contribution in [0.15, 0.2) is 35.3 Å².